The Balaban J connectivity index is 1.85. The molecule has 0 radical (unpaired) electrons. The molecule has 0 amide bonds. The van der Waals surface area contributed by atoms with Gasteiger partial charge in [0.2, 0.25) is 0 Å². The maximum atomic E-state index is 12.9. The van der Waals surface area contributed by atoms with E-state index in [1.807, 2.05) is 0 Å². The van der Waals surface area contributed by atoms with Gasteiger partial charge in [-0.25, -0.2) is 4.98 Å². The zero-order chi connectivity index (χ0) is 21.6. The van der Waals surface area contributed by atoms with Gasteiger partial charge in [-0.1, -0.05) is 0 Å². The fourth-order valence-corrected chi connectivity index (χ4v) is 2.99. The minimum atomic E-state index is -5.75. The van der Waals surface area contributed by atoms with Gasteiger partial charge in [-0.05, 0) is 46.9 Å². The zero-order valence-corrected chi connectivity index (χ0v) is 16.0. The number of hydrogen-bond donors (Lipinski definition) is 0. The Hall–Kier alpha value is -2.19. The van der Waals surface area contributed by atoms with Gasteiger partial charge in [0.1, 0.15) is 20.8 Å². The number of imidazole rings is 1. The molecule has 0 fully saturated rings. The maximum absolute atomic E-state index is 12.9. The standard InChI is InChI=1S/C16H8F8IN3O/c17-14(18,16(22,23)24)7-29-9-2-3-10(26-5-9)12-13(25)28-6-8(15(19,20)21)1-4-11(28)27-12/h1-6H,7H2. The molecule has 3 aromatic rings. The number of nitrogens with zero attached hydrogens (tertiary/aromatic N) is 3. The molecule has 0 aliphatic heterocycles. The van der Waals surface area contributed by atoms with Crippen LogP contribution in [-0.4, -0.2) is 33.1 Å². The first kappa shape index (κ1) is 21.5. The molecule has 0 N–H and O–H groups in total. The molecular weight excluding hydrogens is 529 g/mol. The average Bonchev–Trinajstić information content (AvgIpc) is 2.95. The molecule has 0 unspecified atom stereocenters. The fourth-order valence-electron chi connectivity index (χ4n) is 2.21. The van der Waals surface area contributed by atoms with E-state index in [4.69, 9.17) is 0 Å². The van der Waals surface area contributed by atoms with Crippen LogP contribution in [0.2, 0.25) is 0 Å². The van der Waals surface area contributed by atoms with Gasteiger partial charge in [0.05, 0.1) is 17.5 Å². The van der Waals surface area contributed by atoms with E-state index >= 15 is 0 Å². The van der Waals surface area contributed by atoms with Crippen LogP contribution in [0.15, 0.2) is 36.7 Å². The second kappa shape index (κ2) is 7.25. The number of pyridine rings is 2. The van der Waals surface area contributed by atoms with Crippen molar-refractivity contribution in [3.05, 3.63) is 45.9 Å². The first-order valence-corrected chi connectivity index (χ1v) is 8.66. The van der Waals surface area contributed by atoms with Crippen molar-refractivity contribution in [1.82, 2.24) is 14.4 Å². The van der Waals surface area contributed by atoms with E-state index < -0.39 is 30.4 Å². The third-order valence-corrected chi connectivity index (χ3v) is 4.73. The van der Waals surface area contributed by atoms with Gasteiger partial charge < -0.3 is 4.74 Å². The molecule has 0 bridgehead atoms. The highest BCUT2D eigenvalue weighted by molar-refractivity contribution is 14.1. The summed E-state index contributed by atoms with van der Waals surface area (Å²) in [5.74, 6) is -5.37. The molecule has 3 aromatic heterocycles. The van der Waals surface area contributed by atoms with Gasteiger partial charge in [-0.2, -0.15) is 35.1 Å². The number of rotatable bonds is 4. The summed E-state index contributed by atoms with van der Waals surface area (Å²) in [6, 6.07) is 4.39. The lowest BCUT2D eigenvalue weighted by atomic mass is 10.3. The molecule has 29 heavy (non-hydrogen) atoms. The van der Waals surface area contributed by atoms with E-state index in [9.17, 15) is 35.1 Å². The van der Waals surface area contributed by atoms with Crippen molar-refractivity contribution in [1.29, 1.82) is 0 Å². The Morgan fingerprint density at radius 2 is 1.66 bits per heavy atom. The molecule has 3 heterocycles. The highest BCUT2D eigenvalue weighted by atomic mass is 127. The Kier molecular flexibility index (Phi) is 5.38. The molecule has 0 aliphatic rings. The van der Waals surface area contributed by atoms with E-state index in [2.05, 4.69) is 14.7 Å². The largest absolute Gasteiger partial charge is 0.485 e. The van der Waals surface area contributed by atoms with Crippen LogP contribution < -0.4 is 4.74 Å². The molecule has 156 valence electrons. The highest BCUT2D eigenvalue weighted by Gasteiger charge is 2.58. The highest BCUT2D eigenvalue weighted by Crippen LogP contribution is 2.36. The van der Waals surface area contributed by atoms with E-state index in [0.717, 1.165) is 24.5 Å². The monoisotopic (exact) mass is 537 g/mol. The molecule has 13 heteroatoms. The Morgan fingerprint density at radius 1 is 0.966 bits per heavy atom. The van der Waals surface area contributed by atoms with E-state index in [1.54, 1.807) is 22.6 Å². The SMILES string of the molecule is FC(F)(F)c1ccc2nc(-c3ccc(OCC(F)(F)C(F)(F)F)cn3)c(I)n2c1. The van der Waals surface area contributed by atoms with Crippen LogP contribution in [0.3, 0.4) is 0 Å². The summed E-state index contributed by atoms with van der Waals surface area (Å²) in [4.78, 5) is 8.05. The van der Waals surface area contributed by atoms with Crippen molar-refractivity contribution in [3.8, 4) is 17.1 Å². The zero-order valence-electron chi connectivity index (χ0n) is 13.8. The molecule has 0 atom stereocenters. The van der Waals surface area contributed by atoms with Crippen molar-refractivity contribution in [2.45, 2.75) is 18.3 Å². The fraction of sp³-hybridized carbons (Fsp3) is 0.250. The summed E-state index contributed by atoms with van der Waals surface area (Å²) in [6.07, 6.45) is -8.51. The van der Waals surface area contributed by atoms with E-state index in [-0.39, 0.29) is 22.8 Å². The second-order valence-corrected chi connectivity index (χ2v) is 6.79. The van der Waals surface area contributed by atoms with Crippen LogP contribution in [0.25, 0.3) is 17.0 Å². The van der Waals surface area contributed by atoms with Gasteiger partial charge in [0.15, 0.2) is 6.61 Å². The van der Waals surface area contributed by atoms with Crippen molar-refractivity contribution < 1.29 is 39.9 Å². The van der Waals surface area contributed by atoms with Gasteiger partial charge in [-0.3, -0.25) is 9.38 Å². The third kappa shape index (κ3) is 4.38. The number of halogens is 9. The first-order valence-electron chi connectivity index (χ1n) is 7.58. The van der Waals surface area contributed by atoms with Crippen molar-refractivity contribution in [3.63, 3.8) is 0 Å². The summed E-state index contributed by atoms with van der Waals surface area (Å²) in [7, 11) is 0. The summed E-state index contributed by atoms with van der Waals surface area (Å²) in [5, 5.41) is 0. The normalized spacial score (nSPS) is 13.1. The number of alkyl halides is 8. The number of aromatic nitrogens is 3. The van der Waals surface area contributed by atoms with Crippen LogP contribution in [0, 0.1) is 3.70 Å². The van der Waals surface area contributed by atoms with Crippen molar-refractivity contribution >= 4 is 28.2 Å². The van der Waals surface area contributed by atoms with Gasteiger partial charge >= 0.3 is 18.3 Å². The van der Waals surface area contributed by atoms with Crippen LogP contribution in [0.4, 0.5) is 35.1 Å². The van der Waals surface area contributed by atoms with Crippen LogP contribution in [0.5, 0.6) is 5.75 Å². The predicted molar refractivity (Wildman–Crippen MR) is 92.6 cm³/mol. The van der Waals surface area contributed by atoms with Crippen LogP contribution in [0.1, 0.15) is 5.56 Å². The van der Waals surface area contributed by atoms with Gasteiger partial charge in [-0.15, -0.1) is 0 Å². The minimum absolute atomic E-state index is 0.168. The molecule has 4 nitrogen and oxygen atoms in total. The molecule has 0 saturated carbocycles. The molecule has 0 aromatic carbocycles. The molecule has 0 aliphatic carbocycles. The number of ether oxygens (including phenoxy) is 1. The first-order chi connectivity index (χ1) is 13.3. The summed E-state index contributed by atoms with van der Waals surface area (Å²) in [6.45, 7) is -1.91. The summed E-state index contributed by atoms with van der Waals surface area (Å²) in [5.41, 5.74) is -0.294. The van der Waals surface area contributed by atoms with Gasteiger partial charge in [0, 0.05) is 6.20 Å². The lowest BCUT2D eigenvalue weighted by Gasteiger charge is -2.19. The lowest BCUT2D eigenvalue weighted by molar-refractivity contribution is -0.290. The van der Waals surface area contributed by atoms with Crippen LogP contribution in [-0.2, 0) is 6.18 Å². The summed E-state index contributed by atoms with van der Waals surface area (Å²) < 4.78 is 107. The Labute approximate surface area is 170 Å². The topological polar surface area (TPSA) is 39.4 Å². The molecule has 0 saturated heterocycles. The van der Waals surface area contributed by atoms with Crippen LogP contribution >= 0.6 is 22.6 Å². The summed E-state index contributed by atoms with van der Waals surface area (Å²) >= 11 is 1.76. The lowest BCUT2D eigenvalue weighted by Crippen LogP contribution is -2.41. The van der Waals surface area contributed by atoms with E-state index in [0.29, 0.717) is 3.70 Å². The quantitative estimate of drug-likeness (QED) is 0.322. The smallest absolute Gasteiger partial charge is 0.456 e. The Morgan fingerprint density at radius 3 is 2.21 bits per heavy atom. The van der Waals surface area contributed by atoms with Gasteiger partial charge in [0.25, 0.3) is 0 Å². The number of hydrogen-bond acceptors (Lipinski definition) is 3. The molecule has 0 spiro atoms. The second-order valence-electron chi connectivity index (χ2n) is 5.76. The maximum Gasteiger partial charge on any atom is 0.456 e. The average molecular weight is 537 g/mol. The Bertz CT molecular complexity index is 1030. The number of fused-ring (bicyclic) bond motifs is 1. The minimum Gasteiger partial charge on any atom is -0.485 e. The van der Waals surface area contributed by atoms with Crippen molar-refractivity contribution in [2.24, 2.45) is 0 Å². The van der Waals surface area contributed by atoms with Crippen molar-refractivity contribution in [2.75, 3.05) is 6.61 Å². The molecular formula is C16H8F8IN3O. The third-order valence-electron chi connectivity index (χ3n) is 3.70. The predicted octanol–water partition coefficient (Wildman–Crippen LogP) is 5.60. The van der Waals surface area contributed by atoms with E-state index in [1.165, 1.54) is 16.5 Å². The molecule has 3 rings (SSSR count).